The van der Waals surface area contributed by atoms with Crippen LogP contribution in [0.15, 0.2) is 45.8 Å². The lowest BCUT2D eigenvalue weighted by Gasteiger charge is -2.13. The Labute approximate surface area is 133 Å². The van der Waals surface area contributed by atoms with Gasteiger partial charge in [0.2, 0.25) is 0 Å². The van der Waals surface area contributed by atoms with Crippen LogP contribution in [0.3, 0.4) is 0 Å². The summed E-state index contributed by atoms with van der Waals surface area (Å²) in [5.74, 6) is 0. The average molecular weight is 369 g/mol. The summed E-state index contributed by atoms with van der Waals surface area (Å²) >= 11 is 3.27. The first-order chi connectivity index (χ1) is 9.83. The van der Waals surface area contributed by atoms with E-state index in [1.54, 1.807) is 31.2 Å². The van der Waals surface area contributed by atoms with Crippen LogP contribution in [-0.4, -0.2) is 8.42 Å². The normalized spacial score (nSPS) is 11.4. The quantitative estimate of drug-likeness (QED) is 0.808. The van der Waals surface area contributed by atoms with Gasteiger partial charge in [0.15, 0.2) is 0 Å². The van der Waals surface area contributed by atoms with Crippen molar-refractivity contribution in [2.75, 3.05) is 10.5 Å². The number of hydrogen-bond donors (Lipinski definition) is 2. The first-order valence-electron chi connectivity index (χ1n) is 6.51. The van der Waals surface area contributed by atoms with E-state index >= 15 is 0 Å². The first kappa shape index (κ1) is 15.9. The van der Waals surface area contributed by atoms with E-state index in [1.165, 1.54) is 0 Å². The van der Waals surface area contributed by atoms with Crippen molar-refractivity contribution in [2.45, 2.75) is 25.2 Å². The first-order valence-corrected chi connectivity index (χ1v) is 8.78. The molecule has 0 aliphatic heterocycles. The molecule has 0 saturated heterocycles. The van der Waals surface area contributed by atoms with Crippen LogP contribution < -0.4 is 10.5 Å². The molecule has 4 nitrogen and oxygen atoms in total. The van der Waals surface area contributed by atoms with Gasteiger partial charge in [-0.3, -0.25) is 4.72 Å². The number of nitrogens with two attached hydrogens (primary N) is 1. The Balaban J connectivity index is 2.38. The van der Waals surface area contributed by atoms with E-state index in [1.807, 2.05) is 19.1 Å². The highest BCUT2D eigenvalue weighted by Gasteiger charge is 2.19. The van der Waals surface area contributed by atoms with Crippen LogP contribution >= 0.6 is 15.9 Å². The number of anilines is 2. The second-order valence-corrected chi connectivity index (χ2v) is 7.34. The van der Waals surface area contributed by atoms with Crippen LogP contribution in [0.2, 0.25) is 0 Å². The van der Waals surface area contributed by atoms with Crippen LogP contribution in [0.1, 0.15) is 18.1 Å². The fraction of sp³-hybridized carbons (Fsp3) is 0.200. The zero-order valence-electron chi connectivity index (χ0n) is 11.9. The molecule has 0 saturated carbocycles. The highest BCUT2D eigenvalue weighted by Crippen LogP contribution is 2.27. The van der Waals surface area contributed by atoms with Gasteiger partial charge < -0.3 is 5.73 Å². The number of aryl methyl sites for hydroxylation is 1. The maximum atomic E-state index is 12.5. The summed E-state index contributed by atoms with van der Waals surface area (Å²) < 4.78 is 28.2. The third kappa shape index (κ3) is 3.57. The molecule has 21 heavy (non-hydrogen) atoms. The summed E-state index contributed by atoms with van der Waals surface area (Å²) in [6, 6.07) is 10.6. The molecule has 0 aliphatic carbocycles. The molecule has 0 atom stereocenters. The molecular formula is C15H17BrN2O2S. The van der Waals surface area contributed by atoms with Crippen molar-refractivity contribution < 1.29 is 8.42 Å². The van der Waals surface area contributed by atoms with Crippen molar-refractivity contribution in [2.24, 2.45) is 0 Å². The number of halogens is 1. The van der Waals surface area contributed by atoms with E-state index in [-0.39, 0.29) is 4.90 Å². The Hall–Kier alpha value is -1.53. The van der Waals surface area contributed by atoms with Crippen LogP contribution in [0.4, 0.5) is 11.4 Å². The summed E-state index contributed by atoms with van der Waals surface area (Å²) in [7, 11) is -3.67. The molecule has 2 aromatic rings. The Morgan fingerprint density at radius 1 is 1.19 bits per heavy atom. The van der Waals surface area contributed by atoms with E-state index in [9.17, 15) is 8.42 Å². The topological polar surface area (TPSA) is 72.2 Å². The summed E-state index contributed by atoms with van der Waals surface area (Å²) in [6.45, 7) is 3.74. The number of rotatable bonds is 4. The molecule has 112 valence electrons. The molecule has 0 unspecified atom stereocenters. The maximum absolute atomic E-state index is 12.5. The van der Waals surface area contributed by atoms with Gasteiger partial charge in [-0.15, -0.1) is 0 Å². The molecule has 0 fully saturated rings. The van der Waals surface area contributed by atoms with Gasteiger partial charge in [-0.25, -0.2) is 8.42 Å². The Kier molecular flexibility index (Phi) is 4.58. The van der Waals surface area contributed by atoms with E-state index in [0.29, 0.717) is 21.4 Å². The minimum atomic E-state index is -3.67. The lowest BCUT2D eigenvalue weighted by Crippen LogP contribution is -2.15. The van der Waals surface area contributed by atoms with E-state index in [0.717, 1.165) is 12.0 Å². The van der Waals surface area contributed by atoms with Crippen molar-refractivity contribution in [3.05, 3.63) is 52.0 Å². The third-order valence-electron chi connectivity index (χ3n) is 3.27. The molecule has 6 heteroatoms. The van der Waals surface area contributed by atoms with Crippen LogP contribution in [0, 0.1) is 6.92 Å². The van der Waals surface area contributed by atoms with Crippen molar-refractivity contribution in [1.29, 1.82) is 0 Å². The van der Waals surface area contributed by atoms with E-state index in [4.69, 9.17) is 5.73 Å². The minimum absolute atomic E-state index is 0.175. The second kappa shape index (κ2) is 6.07. The van der Waals surface area contributed by atoms with Gasteiger partial charge in [-0.1, -0.05) is 35.0 Å². The summed E-state index contributed by atoms with van der Waals surface area (Å²) in [4.78, 5) is 0.175. The van der Waals surface area contributed by atoms with E-state index in [2.05, 4.69) is 20.7 Å². The Morgan fingerprint density at radius 3 is 2.38 bits per heavy atom. The predicted octanol–water partition coefficient (Wildman–Crippen LogP) is 3.70. The zero-order valence-corrected chi connectivity index (χ0v) is 14.3. The Bertz CT molecular complexity index is 756. The lowest BCUT2D eigenvalue weighted by molar-refractivity contribution is 0.600. The SMILES string of the molecule is CCc1ccc(NS(=O)(=O)c2cc(Br)cc(N)c2C)cc1. The molecule has 0 radical (unpaired) electrons. The Morgan fingerprint density at radius 2 is 1.81 bits per heavy atom. The van der Waals surface area contributed by atoms with Gasteiger partial charge in [0.05, 0.1) is 4.90 Å². The molecule has 0 heterocycles. The van der Waals surface area contributed by atoms with Crippen LogP contribution in [-0.2, 0) is 16.4 Å². The number of nitrogen functional groups attached to an aromatic ring is 1. The molecular weight excluding hydrogens is 352 g/mol. The number of benzene rings is 2. The fourth-order valence-corrected chi connectivity index (χ4v) is 3.96. The lowest BCUT2D eigenvalue weighted by atomic mass is 10.2. The second-order valence-electron chi connectivity index (χ2n) is 4.77. The highest BCUT2D eigenvalue weighted by atomic mass is 79.9. The minimum Gasteiger partial charge on any atom is -0.398 e. The van der Waals surface area contributed by atoms with Gasteiger partial charge in [0, 0.05) is 15.8 Å². The van der Waals surface area contributed by atoms with Gasteiger partial charge in [-0.05, 0) is 48.7 Å². The largest absolute Gasteiger partial charge is 0.398 e. The number of hydrogen-bond acceptors (Lipinski definition) is 3. The van der Waals surface area contributed by atoms with Gasteiger partial charge in [0.25, 0.3) is 10.0 Å². The van der Waals surface area contributed by atoms with Crippen molar-refractivity contribution in [1.82, 2.24) is 0 Å². The third-order valence-corrected chi connectivity index (χ3v) is 5.23. The molecule has 2 rings (SSSR count). The summed E-state index contributed by atoms with van der Waals surface area (Å²) in [5.41, 5.74) is 8.49. The maximum Gasteiger partial charge on any atom is 0.262 e. The molecule has 0 bridgehead atoms. The van der Waals surface area contributed by atoms with Crippen molar-refractivity contribution in [3.63, 3.8) is 0 Å². The molecule has 0 amide bonds. The van der Waals surface area contributed by atoms with Crippen LogP contribution in [0.25, 0.3) is 0 Å². The van der Waals surface area contributed by atoms with Gasteiger partial charge >= 0.3 is 0 Å². The monoisotopic (exact) mass is 368 g/mol. The molecule has 3 N–H and O–H groups in total. The smallest absolute Gasteiger partial charge is 0.262 e. The summed E-state index contributed by atoms with van der Waals surface area (Å²) in [6.07, 6.45) is 0.911. The van der Waals surface area contributed by atoms with Gasteiger partial charge in [0.1, 0.15) is 0 Å². The predicted molar refractivity (Wildman–Crippen MR) is 89.9 cm³/mol. The van der Waals surface area contributed by atoms with Crippen LogP contribution in [0.5, 0.6) is 0 Å². The van der Waals surface area contributed by atoms with Gasteiger partial charge in [-0.2, -0.15) is 0 Å². The average Bonchev–Trinajstić information content (AvgIpc) is 2.43. The molecule has 0 spiro atoms. The molecule has 0 aliphatic rings. The number of nitrogens with one attached hydrogen (secondary N) is 1. The highest BCUT2D eigenvalue weighted by molar-refractivity contribution is 9.10. The molecule has 0 aromatic heterocycles. The van der Waals surface area contributed by atoms with Crippen molar-refractivity contribution in [3.8, 4) is 0 Å². The van der Waals surface area contributed by atoms with Crippen molar-refractivity contribution >= 4 is 37.3 Å². The molecule has 2 aromatic carbocycles. The zero-order chi connectivity index (χ0) is 15.6. The van der Waals surface area contributed by atoms with E-state index < -0.39 is 10.0 Å². The fourth-order valence-electron chi connectivity index (χ4n) is 1.97. The standard InChI is InChI=1S/C15H17BrN2O2S/c1-3-11-4-6-13(7-5-11)18-21(19,20)15-9-12(16)8-14(17)10(15)2/h4-9,18H,3,17H2,1-2H3. The summed E-state index contributed by atoms with van der Waals surface area (Å²) in [5, 5.41) is 0. The number of sulfonamides is 1.